The Bertz CT molecular complexity index is 1510. The van der Waals surface area contributed by atoms with Gasteiger partial charge in [-0.05, 0) is 31.4 Å². The maximum atomic E-state index is 13.0. The lowest BCUT2D eigenvalue weighted by atomic mass is 10.1. The van der Waals surface area contributed by atoms with Crippen molar-refractivity contribution in [3.63, 3.8) is 0 Å². The van der Waals surface area contributed by atoms with Crippen molar-refractivity contribution in [1.82, 2.24) is 24.9 Å². The van der Waals surface area contributed by atoms with Crippen LogP contribution in [0, 0.1) is 0 Å². The van der Waals surface area contributed by atoms with Crippen LogP contribution in [0.2, 0.25) is 0 Å². The van der Waals surface area contributed by atoms with E-state index >= 15 is 0 Å². The fraction of sp³-hybridized carbons (Fsp3) is 0.125. The molecule has 0 radical (unpaired) electrons. The van der Waals surface area contributed by atoms with Crippen LogP contribution in [0.3, 0.4) is 0 Å². The highest BCUT2D eigenvalue weighted by Crippen LogP contribution is 2.27. The second kappa shape index (κ2) is 8.66. The van der Waals surface area contributed by atoms with Crippen molar-refractivity contribution >= 4 is 45.5 Å². The molecule has 34 heavy (non-hydrogen) atoms. The Labute approximate surface area is 193 Å². The zero-order valence-electron chi connectivity index (χ0n) is 18.4. The number of hydrogen-bond donors (Lipinski definition) is 4. The van der Waals surface area contributed by atoms with E-state index in [1.807, 2.05) is 38.1 Å². The number of aromatic nitrogens is 5. The molecule has 0 aliphatic heterocycles. The van der Waals surface area contributed by atoms with Gasteiger partial charge in [-0.15, -0.1) is 0 Å². The van der Waals surface area contributed by atoms with Crippen LogP contribution in [0.15, 0.2) is 61.1 Å². The van der Waals surface area contributed by atoms with Gasteiger partial charge in [0, 0.05) is 30.0 Å². The summed E-state index contributed by atoms with van der Waals surface area (Å²) < 4.78 is 5.79. The van der Waals surface area contributed by atoms with Gasteiger partial charge in [-0.25, -0.2) is 9.97 Å². The maximum absolute atomic E-state index is 13.0. The first-order valence-corrected chi connectivity index (χ1v) is 10.6. The molecule has 0 saturated heterocycles. The number of fused-ring (bicyclic) bond motifs is 2. The van der Waals surface area contributed by atoms with E-state index in [0.717, 1.165) is 10.8 Å². The number of amides is 2. The maximum Gasteiger partial charge on any atom is 0.276 e. The van der Waals surface area contributed by atoms with Crippen molar-refractivity contribution in [2.45, 2.75) is 20.0 Å². The molecular weight excluding hydrogens is 434 g/mol. The van der Waals surface area contributed by atoms with Crippen molar-refractivity contribution in [3.05, 3.63) is 72.3 Å². The number of pyridine rings is 1. The normalized spacial score (nSPS) is 11.1. The Morgan fingerprint density at radius 1 is 0.971 bits per heavy atom. The molecule has 0 fully saturated rings. The topological polar surface area (TPSA) is 138 Å². The third-order valence-corrected chi connectivity index (χ3v) is 5.01. The number of nitrogens with zero attached hydrogens (tertiary/aromatic N) is 3. The summed E-state index contributed by atoms with van der Waals surface area (Å²) in [5, 5.41) is 7.26. The molecule has 0 spiro atoms. The van der Waals surface area contributed by atoms with E-state index in [2.05, 4.69) is 35.6 Å². The molecule has 5 aromatic rings. The van der Waals surface area contributed by atoms with E-state index in [1.54, 1.807) is 30.6 Å². The minimum Gasteiger partial charge on any atom is -0.491 e. The number of aromatic amines is 2. The number of H-pyrrole nitrogens is 2. The average molecular weight is 455 g/mol. The summed E-state index contributed by atoms with van der Waals surface area (Å²) in [5.74, 6) is 0.136. The van der Waals surface area contributed by atoms with Crippen LogP contribution in [0.25, 0.3) is 21.8 Å². The highest BCUT2D eigenvalue weighted by Gasteiger charge is 2.19. The average Bonchev–Trinajstić information content (AvgIpc) is 3.47. The molecule has 10 heteroatoms. The van der Waals surface area contributed by atoms with Crippen LogP contribution in [0.5, 0.6) is 5.75 Å². The molecule has 0 atom stereocenters. The van der Waals surface area contributed by atoms with Gasteiger partial charge in [0.25, 0.3) is 11.8 Å². The molecule has 5 rings (SSSR count). The number of carbonyl (C=O) groups excluding carboxylic acids is 2. The number of imidazole rings is 2. The first kappa shape index (κ1) is 21.1. The van der Waals surface area contributed by atoms with Gasteiger partial charge in [-0.3, -0.25) is 25.2 Å². The van der Waals surface area contributed by atoms with Crippen molar-refractivity contribution in [2.24, 2.45) is 0 Å². The fourth-order valence-electron chi connectivity index (χ4n) is 3.55. The summed E-state index contributed by atoms with van der Waals surface area (Å²) in [4.78, 5) is 44.4. The predicted molar refractivity (Wildman–Crippen MR) is 128 cm³/mol. The number of ether oxygens (including phenoxy) is 1. The van der Waals surface area contributed by atoms with Gasteiger partial charge in [0.05, 0.1) is 22.7 Å². The molecule has 4 N–H and O–H groups in total. The highest BCUT2D eigenvalue weighted by atomic mass is 16.5. The Balaban J connectivity index is 1.47. The Morgan fingerprint density at radius 2 is 1.76 bits per heavy atom. The molecule has 2 amide bonds. The van der Waals surface area contributed by atoms with E-state index in [-0.39, 0.29) is 17.7 Å². The SMILES string of the molecule is CC(C)Oc1cc(C(=O)Nc2ncc[nH]2)c2[nH]c(NC(=O)c3cc4ccccc4cn3)nc2c1. The minimum atomic E-state index is -0.426. The number of nitrogens with one attached hydrogen (secondary N) is 4. The standard InChI is InChI=1S/C24H21N7O3/c1-13(2)34-16-10-17(21(32)30-23-25-7-8-26-23)20-18(11-16)28-24(29-20)31-22(33)19-9-14-5-3-4-6-15(14)12-27-19/h3-13H,1-2H3,(H2,25,26,30,32)(H2,28,29,31,33). The lowest BCUT2D eigenvalue weighted by Crippen LogP contribution is -2.15. The summed E-state index contributed by atoms with van der Waals surface area (Å²) in [6.07, 6.45) is 4.69. The van der Waals surface area contributed by atoms with Gasteiger partial charge in [-0.1, -0.05) is 24.3 Å². The van der Waals surface area contributed by atoms with Crippen LogP contribution in [0.1, 0.15) is 34.7 Å². The molecule has 2 aromatic carbocycles. The molecule has 0 bridgehead atoms. The monoisotopic (exact) mass is 455 g/mol. The zero-order valence-corrected chi connectivity index (χ0v) is 18.4. The third kappa shape index (κ3) is 4.29. The molecular formula is C24H21N7O3. The second-order valence-electron chi connectivity index (χ2n) is 7.88. The predicted octanol–water partition coefficient (Wildman–Crippen LogP) is 4.13. The van der Waals surface area contributed by atoms with Gasteiger partial charge in [-0.2, -0.15) is 0 Å². The van der Waals surface area contributed by atoms with Crippen LogP contribution >= 0.6 is 0 Å². The molecule has 0 aliphatic rings. The van der Waals surface area contributed by atoms with Crippen LogP contribution in [0.4, 0.5) is 11.9 Å². The van der Waals surface area contributed by atoms with Crippen molar-refractivity contribution in [1.29, 1.82) is 0 Å². The Kier molecular flexibility index (Phi) is 5.38. The summed E-state index contributed by atoms with van der Waals surface area (Å²) in [7, 11) is 0. The van der Waals surface area contributed by atoms with Gasteiger partial charge in [0.15, 0.2) is 0 Å². The minimum absolute atomic E-state index is 0.101. The van der Waals surface area contributed by atoms with E-state index in [1.165, 1.54) is 6.20 Å². The van der Waals surface area contributed by atoms with Crippen molar-refractivity contribution in [3.8, 4) is 5.75 Å². The molecule has 3 heterocycles. The number of rotatable bonds is 6. The highest BCUT2D eigenvalue weighted by molar-refractivity contribution is 6.12. The van der Waals surface area contributed by atoms with E-state index < -0.39 is 11.8 Å². The van der Waals surface area contributed by atoms with Gasteiger partial charge in [0.1, 0.15) is 11.4 Å². The zero-order chi connectivity index (χ0) is 23.7. The summed E-state index contributed by atoms with van der Waals surface area (Å²) in [5.41, 5.74) is 1.45. The lowest BCUT2D eigenvalue weighted by molar-refractivity contribution is 0.101. The smallest absolute Gasteiger partial charge is 0.276 e. The number of benzene rings is 2. The van der Waals surface area contributed by atoms with Crippen LogP contribution in [-0.4, -0.2) is 42.8 Å². The van der Waals surface area contributed by atoms with E-state index in [4.69, 9.17) is 4.74 Å². The second-order valence-corrected chi connectivity index (χ2v) is 7.88. The number of carbonyl (C=O) groups is 2. The van der Waals surface area contributed by atoms with Crippen molar-refractivity contribution in [2.75, 3.05) is 10.6 Å². The summed E-state index contributed by atoms with van der Waals surface area (Å²) >= 11 is 0. The number of anilines is 2. The van der Waals surface area contributed by atoms with E-state index in [0.29, 0.717) is 28.3 Å². The van der Waals surface area contributed by atoms with Gasteiger partial charge >= 0.3 is 0 Å². The summed E-state index contributed by atoms with van der Waals surface area (Å²) in [6.45, 7) is 3.78. The lowest BCUT2D eigenvalue weighted by Gasteiger charge is -2.11. The third-order valence-electron chi connectivity index (χ3n) is 5.01. The van der Waals surface area contributed by atoms with Gasteiger partial charge < -0.3 is 14.7 Å². The molecule has 0 aliphatic carbocycles. The Hall–Kier alpha value is -4.73. The van der Waals surface area contributed by atoms with E-state index in [9.17, 15) is 9.59 Å². The summed E-state index contributed by atoms with van der Waals surface area (Å²) in [6, 6.07) is 12.7. The Morgan fingerprint density at radius 3 is 2.53 bits per heavy atom. The van der Waals surface area contributed by atoms with Gasteiger partial charge in [0.2, 0.25) is 11.9 Å². The van der Waals surface area contributed by atoms with Crippen molar-refractivity contribution < 1.29 is 14.3 Å². The van der Waals surface area contributed by atoms with Crippen LogP contribution in [-0.2, 0) is 0 Å². The first-order valence-electron chi connectivity index (χ1n) is 10.6. The molecule has 3 aromatic heterocycles. The van der Waals surface area contributed by atoms with Crippen LogP contribution < -0.4 is 15.4 Å². The largest absolute Gasteiger partial charge is 0.491 e. The molecule has 0 unspecified atom stereocenters. The quantitative estimate of drug-likeness (QED) is 0.304. The molecule has 10 nitrogen and oxygen atoms in total. The fourth-order valence-corrected chi connectivity index (χ4v) is 3.55. The number of hydrogen-bond acceptors (Lipinski definition) is 6. The molecule has 0 saturated carbocycles. The first-order chi connectivity index (χ1) is 16.5. The molecule has 170 valence electrons.